The smallest absolute Gasteiger partial charge is 0.262 e. The molecule has 0 bridgehead atoms. The Morgan fingerprint density at radius 3 is 2.48 bits per heavy atom. The van der Waals surface area contributed by atoms with Crippen LogP contribution >= 0.6 is 15.9 Å². The number of carbonyl (C=O) groups excluding carboxylic acids is 1. The Morgan fingerprint density at radius 1 is 0.966 bits per heavy atom. The Bertz CT molecular complexity index is 1110. The first-order chi connectivity index (χ1) is 14.2. The summed E-state index contributed by atoms with van der Waals surface area (Å²) in [7, 11) is 0. The number of benzene rings is 3. The lowest BCUT2D eigenvalue weighted by atomic mass is 10.1. The highest BCUT2D eigenvalue weighted by Crippen LogP contribution is 2.26. The summed E-state index contributed by atoms with van der Waals surface area (Å²) in [6.45, 7) is -0.0956. The fraction of sp³-hybridized carbons (Fsp3) is 0.0455. The van der Waals surface area contributed by atoms with E-state index in [0.29, 0.717) is 23.1 Å². The molecule has 0 saturated heterocycles. The quantitative estimate of drug-likeness (QED) is 0.438. The van der Waals surface area contributed by atoms with Gasteiger partial charge in [0, 0.05) is 15.6 Å². The van der Waals surface area contributed by atoms with Gasteiger partial charge in [-0.3, -0.25) is 9.89 Å². The van der Waals surface area contributed by atoms with Crippen LogP contribution in [0.15, 0.2) is 83.3 Å². The van der Waals surface area contributed by atoms with Gasteiger partial charge < -0.3 is 10.1 Å². The molecule has 2 N–H and O–H groups in total. The van der Waals surface area contributed by atoms with Gasteiger partial charge in [0.1, 0.15) is 5.75 Å². The van der Waals surface area contributed by atoms with Crippen molar-refractivity contribution >= 4 is 27.5 Å². The normalized spacial score (nSPS) is 10.5. The summed E-state index contributed by atoms with van der Waals surface area (Å²) in [5.41, 5.74) is 2.30. The summed E-state index contributed by atoms with van der Waals surface area (Å²) in [4.78, 5) is 16.9. The number of para-hydroxylation sites is 1. The Balaban J connectivity index is 1.48. The van der Waals surface area contributed by atoms with Crippen LogP contribution in [0.3, 0.4) is 0 Å². The van der Waals surface area contributed by atoms with Crippen molar-refractivity contribution < 1.29 is 9.53 Å². The molecule has 1 amide bonds. The molecule has 4 rings (SSSR count). The summed E-state index contributed by atoms with van der Waals surface area (Å²) in [6, 6.07) is 24.4. The molecule has 144 valence electrons. The number of carbonyl (C=O) groups is 1. The van der Waals surface area contributed by atoms with Crippen LogP contribution in [0.25, 0.3) is 22.8 Å². The molecule has 0 fully saturated rings. The lowest BCUT2D eigenvalue weighted by Gasteiger charge is -2.10. The monoisotopic (exact) mass is 448 g/mol. The van der Waals surface area contributed by atoms with Gasteiger partial charge in [0.25, 0.3) is 5.91 Å². The van der Waals surface area contributed by atoms with Gasteiger partial charge in [0.15, 0.2) is 18.3 Å². The minimum Gasteiger partial charge on any atom is -0.484 e. The highest BCUT2D eigenvalue weighted by molar-refractivity contribution is 9.10. The van der Waals surface area contributed by atoms with Gasteiger partial charge in [-0.2, -0.15) is 5.10 Å². The van der Waals surface area contributed by atoms with Gasteiger partial charge >= 0.3 is 0 Å². The van der Waals surface area contributed by atoms with Gasteiger partial charge in [-0.15, -0.1) is 0 Å². The SMILES string of the molecule is O=C(COc1ccc(Br)cc1)Nc1ccccc1-c1nc(-c2ccccc2)n[nH]1. The van der Waals surface area contributed by atoms with E-state index in [1.54, 1.807) is 12.1 Å². The largest absolute Gasteiger partial charge is 0.484 e. The van der Waals surface area contributed by atoms with Crippen LogP contribution in [0.4, 0.5) is 5.69 Å². The van der Waals surface area contributed by atoms with E-state index >= 15 is 0 Å². The predicted octanol–water partition coefficient (Wildman–Crippen LogP) is 4.92. The molecule has 1 aromatic heterocycles. The number of amides is 1. The minimum absolute atomic E-state index is 0.0956. The zero-order valence-electron chi connectivity index (χ0n) is 15.3. The van der Waals surface area contributed by atoms with Crippen LogP contribution in [-0.4, -0.2) is 27.7 Å². The molecule has 1 heterocycles. The molecule has 0 radical (unpaired) electrons. The summed E-state index contributed by atoms with van der Waals surface area (Å²) in [5.74, 6) is 1.54. The van der Waals surface area contributed by atoms with E-state index in [2.05, 4.69) is 36.4 Å². The fourth-order valence-electron chi connectivity index (χ4n) is 2.76. The first kappa shape index (κ1) is 18.9. The van der Waals surface area contributed by atoms with Crippen molar-refractivity contribution in [3.63, 3.8) is 0 Å². The number of hydrogen-bond acceptors (Lipinski definition) is 4. The van der Waals surface area contributed by atoms with Crippen LogP contribution in [-0.2, 0) is 4.79 Å². The summed E-state index contributed by atoms with van der Waals surface area (Å²) < 4.78 is 6.48. The zero-order chi connectivity index (χ0) is 20.1. The van der Waals surface area contributed by atoms with E-state index in [9.17, 15) is 4.79 Å². The zero-order valence-corrected chi connectivity index (χ0v) is 16.9. The third-order valence-corrected chi connectivity index (χ3v) is 4.69. The number of aromatic amines is 1. The Labute approximate surface area is 176 Å². The van der Waals surface area contributed by atoms with Crippen molar-refractivity contribution in [3.8, 4) is 28.5 Å². The first-order valence-electron chi connectivity index (χ1n) is 8.94. The van der Waals surface area contributed by atoms with Crippen molar-refractivity contribution in [2.24, 2.45) is 0 Å². The summed E-state index contributed by atoms with van der Waals surface area (Å²) in [5, 5.41) is 10.1. The third kappa shape index (κ3) is 4.70. The topological polar surface area (TPSA) is 79.9 Å². The summed E-state index contributed by atoms with van der Waals surface area (Å²) >= 11 is 3.37. The summed E-state index contributed by atoms with van der Waals surface area (Å²) in [6.07, 6.45) is 0. The second-order valence-corrected chi connectivity index (χ2v) is 7.13. The average Bonchev–Trinajstić information content (AvgIpc) is 3.24. The average molecular weight is 449 g/mol. The van der Waals surface area contributed by atoms with Gasteiger partial charge in [0.05, 0.1) is 5.69 Å². The second kappa shape index (κ2) is 8.70. The fourth-order valence-corrected chi connectivity index (χ4v) is 3.03. The maximum Gasteiger partial charge on any atom is 0.262 e. The molecule has 0 unspecified atom stereocenters. The van der Waals surface area contributed by atoms with Gasteiger partial charge in [-0.1, -0.05) is 58.4 Å². The van der Waals surface area contributed by atoms with E-state index in [1.165, 1.54) is 0 Å². The van der Waals surface area contributed by atoms with Gasteiger partial charge in [0.2, 0.25) is 0 Å². The molecule has 6 nitrogen and oxygen atoms in total. The lowest BCUT2D eigenvalue weighted by Crippen LogP contribution is -2.20. The molecule has 0 aliphatic heterocycles. The van der Waals surface area contributed by atoms with Crippen molar-refractivity contribution in [1.82, 2.24) is 15.2 Å². The van der Waals surface area contributed by atoms with E-state index in [4.69, 9.17) is 4.74 Å². The highest BCUT2D eigenvalue weighted by Gasteiger charge is 2.13. The Hall–Kier alpha value is -3.45. The van der Waals surface area contributed by atoms with Crippen LogP contribution in [0.1, 0.15) is 0 Å². The standard InChI is InChI=1S/C22H17BrN4O2/c23-16-10-12-17(13-11-16)29-14-20(28)24-19-9-5-4-8-18(19)22-25-21(26-27-22)15-6-2-1-3-7-15/h1-13H,14H2,(H,24,28)(H,25,26,27). The molecule has 3 aromatic carbocycles. The maximum atomic E-state index is 12.4. The predicted molar refractivity (Wildman–Crippen MR) is 116 cm³/mol. The second-order valence-electron chi connectivity index (χ2n) is 6.21. The molecular formula is C22H17BrN4O2. The van der Waals surface area contributed by atoms with Crippen molar-refractivity contribution in [2.45, 2.75) is 0 Å². The maximum absolute atomic E-state index is 12.4. The van der Waals surface area contributed by atoms with Crippen LogP contribution < -0.4 is 10.1 Å². The number of nitrogens with one attached hydrogen (secondary N) is 2. The molecule has 29 heavy (non-hydrogen) atoms. The first-order valence-corrected chi connectivity index (χ1v) is 9.74. The van der Waals surface area contributed by atoms with Crippen molar-refractivity contribution in [3.05, 3.63) is 83.3 Å². The molecule has 4 aromatic rings. The number of H-pyrrole nitrogens is 1. The van der Waals surface area contributed by atoms with E-state index in [0.717, 1.165) is 15.6 Å². The molecule has 0 atom stereocenters. The molecule has 0 aliphatic carbocycles. The van der Waals surface area contributed by atoms with Gasteiger partial charge in [-0.05, 0) is 36.4 Å². The van der Waals surface area contributed by atoms with E-state index in [-0.39, 0.29) is 12.5 Å². The van der Waals surface area contributed by atoms with E-state index in [1.807, 2.05) is 66.7 Å². The molecule has 7 heteroatoms. The molecular weight excluding hydrogens is 432 g/mol. The van der Waals surface area contributed by atoms with Crippen molar-refractivity contribution in [1.29, 1.82) is 0 Å². The number of aromatic nitrogens is 3. The minimum atomic E-state index is -0.261. The van der Waals surface area contributed by atoms with Crippen LogP contribution in [0, 0.1) is 0 Å². The Morgan fingerprint density at radius 2 is 1.69 bits per heavy atom. The molecule has 0 saturated carbocycles. The third-order valence-electron chi connectivity index (χ3n) is 4.16. The van der Waals surface area contributed by atoms with Crippen LogP contribution in [0.2, 0.25) is 0 Å². The number of hydrogen-bond donors (Lipinski definition) is 2. The lowest BCUT2D eigenvalue weighted by molar-refractivity contribution is -0.118. The molecule has 0 spiro atoms. The van der Waals surface area contributed by atoms with Crippen molar-refractivity contribution in [2.75, 3.05) is 11.9 Å². The Kier molecular flexibility index (Phi) is 5.67. The number of rotatable bonds is 6. The number of halogens is 1. The number of ether oxygens (including phenoxy) is 1. The van der Waals surface area contributed by atoms with E-state index < -0.39 is 0 Å². The van der Waals surface area contributed by atoms with Crippen LogP contribution in [0.5, 0.6) is 5.75 Å². The van der Waals surface area contributed by atoms with Gasteiger partial charge in [-0.25, -0.2) is 4.98 Å². The molecule has 0 aliphatic rings. The number of nitrogens with zero attached hydrogens (tertiary/aromatic N) is 2. The highest BCUT2D eigenvalue weighted by atomic mass is 79.9. The number of anilines is 1.